The molecule has 1 heterocycles. The minimum absolute atomic E-state index is 0.0382. The van der Waals surface area contributed by atoms with E-state index in [1.54, 1.807) is 0 Å². The maximum atomic E-state index is 13.2. The summed E-state index contributed by atoms with van der Waals surface area (Å²) in [5.74, 6) is -2.09. The lowest BCUT2D eigenvalue weighted by Gasteiger charge is -1.94. The highest BCUT2D eigenvalue weighted by Crippen LogP contribution is 2.28. The Balaban J connectivity index is 2.44. The minimum Gasteiger partial charge on any atom is -0.301 e. The number of rotatable bonds is 2. The first-order valence-corrected chi connectivity index (χ1v) is 5.56. The number of hydrogen-bond donors (Lipinski definition) is 1. The normalized spacial score (nSPS) is 10.7. The number of hydrogen-bond acceptors (Lipinski definition) is 3. The van der Waals surface area contributed by atoms with Gasteiger partial charge in [0.15, 0.2) is 10.9 Å². The number of carbonyl (C=O) groups excluding carboxylic acids is 1. The van der Waals surface area contributed by atoms with Crippen molar-refractivity contribution in [1.82, 2.24) is 4.98 Å². The average molecular weight is 263 g/mol. The number of aromatic nitrogens is 1. The third kappa shape index (κ3) is 2.12. The first-order chi connectivity index (χ1) is 7.60. The fraction of sp³-hybridized carbons (Fsp3) is 0.111. The van der Waals surface area contributed by atoms with Crippen molar-refractivity contribution in [2.45, 2.75) is 0 Å². The molecular formula is C9H5ClF2N2OS. The van der Waals surface area contributed by atoms with E-state index >= 15 is 0 Å². The third-order valence-corrected chi connectivity index (χ3v) is 2.94. The number of nitrogens with one attached hydrogen (secondary N) is 1. The van der Waals surface area contributed by atoms with Crippen LogP contribution >= 0.6 is 22.9 Å². The fourth-order valence-electron chi connectivity index (χ4n) is 1.16. The second-order valence-corrected chi connectivity index (χ2v) is 4.23. The number of carbonyl (C=O) groups is 1. The van der Waals surface area contributed by atoms with Gasteiger partial charge in [0.1, 0.15) is 17.2 Å². The van der Waals surface area contributed by atoms with Crippen LogP contribution in [0.3, 0.4) is 0 Å². The summed E-state index contributed by atoms with van der Waals surface area (Å²) in [4.78, 5) is 14.8. The average Bonchev–Trinajstić information content (AvgIpc) is 2.60. The Morgan fingerprint density at radius 3 is 2.94 bits per heavy atom. The van der Waals surface area contributed by atoms with Gasteiger partial charge in [0, 0.05) is 6.07 Å². The van der Waals surface area contributed by atoms with E-state index in [1.807, 2.05) is 0 Å². The molecular weight excluding hydrogens is 258 g/mol. The van der Waals surface area contributed by atoms with Crippen LogP contribution in [-0.4, -0.2) is 16.8 Å². The second kappa shape index (κ2) is 4.31. The number of alkyl halides is 1. The molecule has 2 aromatic rings. The predicted molar refractivity (Wildman–Crippen MR) is 58.9 cm³/mol. The Morgan fingerprint density at radius 2 is 2.25 bits per heavy atom. The van der Waals surface area contributed by atoms with Crippen molar-refractivity contribution >= 4 is 44.2 Å². The monoisotopic (exact) mass is 262 g/mol. The van der Waals surface area contributed by atoms with Gasteiger partial charge in [0.05, 0.1) is 4.70 Å². The lowest BCUT2D eigenvalue weighted by atomic mass is 10.3. The molecule has 0 aliphatic rings. The van der Waals surface area contributed by atoms with Crippen molar-refractivity contribution in [3.63, 3.8) is 0 Å². The van der Waals surface area contributed by atoms with Crippen LogP contribution in [-0.2, 0) is 4.79 Å². The molecule has 3 nitrogen and oxygen atoms in total. The molecule has 0 spiro atoms. The number of thiazole rings is 1. The third-order valence-electron chi connectivity index (χ3n) is 1.78. The lowest BCUT2D eigenvalue weighted by molar-refractivity contribution is -0.113. The summed E-state index contributed by atoms with van der Waals surface area (Å²) in [5.41, 5.74) is 0.0382. The van der Waals surface area contributed by atoms with Crippen molar-refractivity contribution in [3.05, 3.63) is 23.8 Å². The Labute approximate surface area is 98.0 Å². The number of nitrogens with zero attached hydrogens (tertiary/aromatic N) is 1. The first-order valence-electron chi connectivity index (χ1n) is 4.21. The van der Waals surface area contributed by atoms with Crippen molar-refractivity contribution in [3.8, 4) is 0 Å². The van der Waals surface area contributed by atoms with Crippen LogP contribution in [0.15, 0.2) is 12.1 Å². The largest absolute Gasteiger partial charge is 0.301 e. The number of halogens is 3. The SMILES string of the molecule is O=C(CCl)Nc1nc2c(F)cc(F)cc2s1. The van der Waals surface area contributed by atoms with E-state index in [4.69, 9.17) is 11.6 Å². The van der Waals surface area contributed by atoms with Crippen LogP contribution in [0.4, 0.5) is 13.9 Å². The molecule has 0 aliphatic heterocycles. The maximum Gasteiger partial charge on any atom is 0.241 e. The van der Waals surface area contributed by atoms with E-state index in [9.17, 15) is 13.6 Å². The van der Waals surface area contributed by atoms with Gasteiger partial charge in [-0.1, -0.05) is 11.3 Å². The Bertz CT molecular complexity index is 558. The molecule has 0 radical (unpaired) electrons. The highest BCUT2D eigenvalue weighted by molar-refractivity contribution is 7.22. The lowest BCUT2D eigenvalue weighted by Crippen LogP contribution is -2.12. The summed E-state index contributed by atoms with van der Waals surface area (Å²) < 4.78 is 26.4. The molecule has 7 heteroatoms. The van der Waals surface area contributed by atoms with Crippen LogP contribution in [0.2, 0.25) is 0 Å². The van der Waals surface area contributed by atoms with Crippen LogP contribution < -0.4 is 5.32 Å². The van der Waals surface area contributed by atoms with Crippen molar-refractivity contribution in [1.29, 1.82) is 0 Å². The summed E-state index contributed by atoms with van der Waals surface area (Å²) in [5, 5.41) is 2.57. The van der Waals surface area contributed by atoms with E-state index in [-0.39, 0.29) is 16.5 Å². The van der Waals surface area contributed by atoms with E-state index in [0.717, 1.165) is 23.5 Å². The van der Waals surface area contributed by atoms with Gasteiger partial charge in [-0.3, -0.25) is 4.79 Å². The van der Waals surface area contributed by atoms with E-state index in [1.165, 1.54) is 0 Å². The molecule has 2 rings (SSSR count). The zero-order valence-corrected chi connectivity index (χ0v) is 9.33. The molecule has 1 amide bonds. The highest BCUT2D eigenvalue weighted by Gasteiger charge is 2.11. The molecule has 1 aromatic heterocycles. The smallest absolute Gasteiger partial charge is 0.241 e. The molecule has 84 valence electrons. The number of anilines is 1. The molecule has 0 unspecified atom stereocenters. The van der Waals surface area contributed by atoms with Crippen molar-refractivity contribution in [2.24, 2.45) is 0 Å². The maximum absolute atomic E-state index is 13.2. The van der Waals surface area contributed by atoms with Crippen LogP contribution in [0.1, 0.15) is 0 Å². The van der Waals surface area contributed by atoms with Gasteiger partial charge in [0.2, 0.25) is 5.91 Å². The molecule has 0 saturated carbocycles. The van der Waals surface area contributed by atoms with E-state index in [0.29, 0.717) is 4.70 Å². The Hall–Kier alpha value is -1.27. The fourth-order valence-corrected chi connectivity index (χ4v) is 2.15. The summed E-state index contributed by atoms with van der Waals surface area (Å²) in [6.45, 7) is 0. The molecule has 16 heavy (non-hydrogen) atoms. The number of benzene rings is 1. The summed E-state index contributed by atoms with van der Waals surface area (Å²) in [6, 6.07) is 1.90. The van der Waals surface area contributed by atoms with Crippen LogP contribution in [0.5, 0.6) is 0 Å². The molecule has 1 aromatic carbocycles. The van der Waals surface area contributed by atoms with Gasteiger partial charge < -0.3 is 5.32 Å². The predicted octanol–water partition coefficient (Wildman–Crippen LogP) is 2.75. The number of amides is 1. The van der Waals surface area contributed by atoms with Gasteiger partial charge in [-0.25, -0.2) is 13.8 Å². The molecule has 0 atom stereocenters. The number of fused-ring (bicyclic) bond motifs is 1. The summed E-state index contributed by atoms with van der Waals surface area (Å²) in [6.07, 6.45) is 0. The standard InChI is InChI=1S/C9H5ClF2N2OS/c10-3-7(15)13-9-14-8-5(12)1-4(11)2-6(8)16-9/h1-2H,3H2,(H,13,14,15). The van der Waals surface area contributed by atoms with Crippen molar-refractivity contribution < 1.29 is 13.6 Å². The molecule has 0 aliphatic carbocycles. The van der Waals surface area contributed by atoms with Crippen LogP contribution in [0, 0.1) is 11.6 Å². The van der Waals surface area contributed by atoms with E-state index < -0.39 is 17.5 Å². The zero-order valence-electron chi connectivity index (χ0n) is 7.76. The summed E-state index contributed by atoms with van der Waals surface area (Å²) in [7, 11) is 0. The van der Waals surface area contributed by atoms with E-state index in [2.05, 4.69) is 10.3 Å². The summed E-state index contributed by atoms with van der Waals surface area (Å²) >= 11 is 6.28. The minimum atomic E-state index is -0.752. The molecule has 0 bridgehead atoms. The van der Waals surface area contributed by atoms with Gasteiger partial charge >= 0.3 is 0 Å². The highest BCUT2D eigenvalue weighted by atomic mass is 35.5. The van der Waals surface area contributed by atoms with Gasteiger partial charge in [-0.2, -0.15) is 0 Å². The Kier molecular flexibility index (Phi) is 3.02. The van der Waals surface area contributed by atoms with Crippen molar-refractivity contribution in [2.75, 3.05) is 11.2 Å². The quantitative estimate of drug-likeness (QED) is 0.846. The van der Waals surface area contributed by atoms with Gasteiger partial charge in [0.25, 0.3) is 0 Å². The van der Waals surface area contributed by atoms with Crippen LogP contribution in [0.25, 0.3) is 10.2 Å². The molecule has 0 saturated heterocycles. The molecule has 1 N–H and O–H groups in total. The molecule has 0 fully saturated rings. The second-order valence-electron chi connectivity index (χ2n) is 2.94. The van der Waals surface area contributed by atoms with Gasteiger partial charge in [-0.15, -0.1) is 11.6 Å². The topological polar surface area (TPSA) is 42.0 Å². The van der Waals surface area contributed by atoms with Gasteiger partial charge in [-0.05, 0) is 6.07 Å². The Morgan fingerprint density at radius 1 is 1.50 bits per heavy atom. The zero-order chi connectivity index (χ0) is 11.7. The first kappa shape index (κ1) is 11.2.